The highest BCUT2D eigenvalue weighted by Crippen LogP contribution is 2.16. The molecule has 1 amide bonds. The Hall–Kier alpha value is -1.95. The molecule has 2 rings (SSSR count). The SMILES string of the molecule is CC(C)(C)OC(=O)NC[C@H]1CCN(CC(=O)c2ccccn2)C1. The summed E-state index contributed by atoms with van der Waals surface area (Å²) >= 11 is 0. The highest BCUT2D eigenvalue weighted by atomic mass is 16.6. The van der Waals surface area contributed by atoms with E-state index in [0.717, 1.165) is 19.5 Å². The third kappa shape index (κ3) is 5.98. The van der Waals surface area contributed by atoms with Crippen molar-refractivity contribution in [2.24, 2.45) is 5.92 Å². The van der Waals surface area contributed by atoms with Crippen LogP contribution in [0, 0.1) is 5.92 Å². The van der Waals surface area contributed by atoms with Crippen LogP contribution < -0.4 is 5.32 Å². The van der Waals surface area contributed by atoms with Crippen molar-refractivity contribution in [1.82, 2.24) is 15.2 Å². The lowest BCUT2D eigenvalue weighted by Crippen LogP contribution is -2.36. The largest absolute Gasteiger partial charge is 0.444 e. The number of amides is 1. The molecule has 6 nitrogen and oxygen atoms in total. The molecule has 0 spiro atoms. The normalized spacial score (nSPS) is 18.7. The number of Topliss-reactive ketones (excluding diaryl/α,β-unsaturated/α-hetero) is 1. The number of ketones is 1. The number of carbonyl (C=O) groups is 2. The van der Waals surface area contributed by atoms with Crippen LogP contribution in [0.15, 0.2) is 24.4 Å². The number of nitrogens with zero attached hydrogens (tertiary/aromatic N) is 2. The number of carbonyl (C=O) groups excluding carboxylic acids is 2. The van der Waals surface area contributed by atoms with Crippen LogP contribution in [0.1, 0.15) is 37.7 Å². The fourth-order valence-electron chi connectivity index (χ4n) is 2.58. The van der Waals surface area contributed by atoms with Crippen molar-refractivity contribution in [1.29, 1.82) is 0 Å². The number of aromatic nitrogens is 1. The van der Waals surface area contributed by atoms with Gasteiger partial charge < -0.3 is 10.1 Å². The Morgan fingerprint density at radius 1 is 1.39 bits per heavy atom. The first-order valence-electron chi connectivity index (χ1n) is 7.97. The lowest BCUT2D eigenvalue weighted by Gasteiger charge is -2.20. The molecule has 1 atom stereocenters. The fourth-order valence-corrected chi connectivity index (χ4v) is 2.58. The number of hydrogen-bond donors (Lipinski definition) is 1. The summed E-state index contributed by atoms with van der Waals surface area (Å²) in [6.07, 6.45) is 2.20. The van der Waals surface area contributed by atoms with E-state index < -0.39 is 5.60 Å². The average Bonchev–Trinajstić information content (AvgIpc) is 2.92. The zero-order valence-electron chi connectivity index (χ0n) is 14.0. The number of likely N-dealkylation sites (tertiary alicyclic amines) is 1. The lowest BCUT2D eigenvalue weighted by atomic mass is 10.1. The van der Waals surface area contributed by atoms with Gasteiger partial charge in [-0.25, -0.2) is 4.79 Å². The van der Waals surface area contributed by atoms with E-state index in [4.69, 9.17) is 4.74 Å². The first kappa shape index (κ1) is 17.4. The monoisotopic (exact) mass is 319 g/mol. The van der Waals surface area contributed by atoms with E-state index in [1.54, 1.807) is 18.3 Å². The van der Waals surface area contributed by atoms with Crippen LogP contribution in [0.4, 0.5) is 4.79 Å². The summed E-state index contributed by atoms with van der Waals surface area (Å²) in [6, 6.07) is 5.35. The second-order valence-electron chi connectivity index (χ2n) is 6.91. The molecule has 0 saturated carbocycles. The number of rotatable bonds is 5. The second kappa shape index (κ2) is 7.55. The van der Waals surface area contributed by atoms with Crippen LogP contribution in [-0.4, -0.2) is 53.5 Å². The number of hydrogen-bond acceptors (Lipinski definition) is 5. The van der Waals surface area contributed by atoms with Gasteiger partial charge in [-0.15, -0.1) is 0 Å². The molecule has 1 aliphatic heterocycles. The zero-order chi connectivity index (χ0) is 16.9. The van der Waals surface area contributed by atoms with Crippen molar-refractivity contribution in [2.45, 2.75) is 32.8 Å². The first-order chi connectivity index (χ1) is 10.8. The summed E-state index contributed by atoms with van der Waals surface area (Å²) < 4.78 is 5.22. The van der Waals surface area contributed by atoms with Gasteiger partial charge >= 0.3 is 6.09 Å². The van der Waals surface area contributed by atoms with Crippen molar-refractivity contribution in [3.63, 3.8) is 0 Å². The molecule has 0 radical (unpaired) electrons. The highest BCUT2D eigenvalue weighted by molar-refractivity contribution is 5.95. The Balaban J connectivity index is 1.72. The van der Waals surface area contributed by atoms with Crippen LogP contribution in [-0.2, 0) is 4.74 Å². The van der Waals surface area contributed by atoms with Gasteiger partial charge in [-0.1, -0.05) is 6.07 Å². The van der Waals surface area contributed by atoms with E-state index in [2.05, 4.69) is 15.2 Å². The Labute approximate surface area is 137 Å². The summed E-state index contributed by atoms with van der Waals surface area (Å²) in [5.74, 6) is 0.380. The molecule has 2 heterocycles. The van der Waals surface area contributed by atoms with Crippen LogP contribution in [0.2, 0.25) is 0 Å². The highest BCUT2D eigenvalue weighted by Gasteiger charge is 2.25. The maximum absolute atomic E-state index is 12.1. The Morgan fingerprint density at radius 2 is 2.17 bits per heavy atom. The Morgan fingerprint density at radius 3 is 2.83 bits per heavy atom. The van der Waals surface area contributed by atoms with Crippen molar-refractivity contribution in [2.75, 3.05) is 26.2 Å². The van der Waals surface area contributed by atoms with E-state index in [9.17, 15) is 9.59 Å². The molecule has 0 aliphatic carbocycles. The van der Waals surface area contributed by atoms with Gasteiger partial charge in [-0.3, -0.25) is 14.7 Å². The summed E-state index contributed by atoms with van der Waals surface area (Å²) in [5.41, 5.74) is 0.0174. The van der Waals surface area contributed by atoms with E-state index in [1.807, 2.05) is 26.8 Å². The molecule has 0 unspecified atom stereocenters. The summed E-state index contributed by atoms with van der Waals surface area (Å²) in [4.78, 5) is 30.0. The molecule has 1 fully saturated rings. The van der Waals surface area contributed by atoms with E-state index in [0.29, 0.717) is 24.7 Å². The maximum atomic E-state index is 12.1. The van der Waals surface area contributed by atoms with Crippen molar-refractivity contribution in [3.8, 4) is 0 Å². The minimum absolute atomic E-state index is 0.0337. The Bertz CT molecular complexity index is 540. The quantitative estimate of drug-likeness (QED) is 0.842. The maximum Gasteiger partial charge on any atom is 0.407 e. The minimum Gasteiger partial charge on any atom is -0.444 e. The molecule has 23 heavy (non-hydrogen) atoms. The molecule has 1 aromatic rings. The van der Waals surface area contributed by atoms with Crippen molar-refractivity contribution < 1.29 is 14.3 Å². The molecule has 6 heteroatoms. The van der Waals surface area contributed by atoms with Gasteiger partial charge in [-0.05, 0) is 51.8 Å². The predicted octanol–water partition coefficient (Wildman–Crippen LogP) is 2.11. The first-order valence-corrected chi connectivity index (χ1v) is 7.97. The van der Waals surface area contributed by atoms with Gasteiger partial charge in [0.05, 0.1) is 6.54 Å². The molecule has 1 aliphatic rings. The third-order valence-electron chi connectivity index (χ3n) is 3.62. The number of pyridine rings is 1. The van der Waals surface area contributed by atoms with Gasteiger partial charge in [0.15, 0.2) is 5.78 Å². The average molecular weight is 319 g/mol. The van der Waals surface area contributed by atoms with Crippen molar-refractivity contribution in [3.05, 3.63) is 30.1 Å². The third-order valence-corrected chi connectivity index (χ3v) is 3.62. The predicted molar refractivity (Wildman–Crippen MR) is 87.4 cm³/mol. The van der Waals surface area contributed by atoms with Gasteiger partial charge in [-0.2, -0.15) is 0 Å². The van der Waals surface area contributed by atoms with Crippen LogP contribution in [0.3, 0.4) is 0 Å². The molecule has 0 bridgehead atoms. The van der Waals surface area contributed by atoms with E-state index in [1.165, 1.54) is 0 Å². The number of ether oxygens (including phenoxy) is 1. The summed E-state index contributed by atoms with van der Waals surface area (Å²) in [5, 5.41) is 2.80. The van der Waals surface area contributed by atoms with Crippen LogP contribution in [0.25, 0.3) is 0 Å². The molecular weight excluding hydrogens is 294 g/mol. The molecule has 1 saturated heterocycles. The van der Waals surface area contributed by atoms with E-state index in [-0.39, 0.29) is 11.9 Å². The molecule has 126 valence electrons. The van der Waals surface area contributed by atoms with Gasteiger partial charge in [0.2, 0.25) is 0 Å². The van der Waals surface area contributed by atoms with Crippen molar-refractivity contribution >= 4 is 11.9 Å². The van der Waals surface area contributed by atoms with E-state index >= 15 is 0 Å². The summed E-state index contributed by atoms with van der Waals surface area (Å²) in [6.45, 7) is 8.13. The van der Waals surface area contributed by atoms with Crippen LogP contribution >= 0.6 is 0 Å². The van der Waals surface area contributed by atoms with Gasteiger partial charge in [0, 0.05) is 19.3 Å². The molecule has 0 aromatic carbocycles. The Kier molecular flexibility index (Phi) is 5.71. The fraction of sp³-hybridized carbons (Fsp3) is 0.588. The molecule has 1 aromatic heterocycles. The van der Waals surface area contributed by atoms with Crippen LogP contribution in [0.5, 0.6) is 0 Å². The lowest BCUT2D eigenvalue weighted by molar-refractivity contribution is 0.0519. The van der Waals surface area contributed by atoms with Gasteiger partial charge in [0.25, 0.3) is 0 Å². The molecular formula is C17H25N3O3. The summed E-state index contributed by atoms with van der Waals surface area (Å²) in [7, 11) is 0. The smallest absolute Gasteiger partial charge is 0.407 e. The number of nitrogens with one attached hydrogen (secondary N) is 1. The topological polar surface area (TPSA) is 71.5 Å². The number of alkyl carbamates (subject to hydrolysis) is 1. The zero-order valence-corrected chi connectivity index (χ0v) is 14.0. The molecule has 1 N–H and O–H groups in total. The second-order valence-corrected chi connectivity index (χ2v) is 6.91. The standard InChI is InChI=1S/C17H25N3O3/c1-17(2,3)23-16(22)19-10-13-7-9-20(11-13)12-15(21)14-6-4-5-8-18-14/h4-6,8,13H,7,9-12H2,1-3H3,(H,19,22)/t13-/m1/s1. The van der Waals surface area contributed by atoms with Gasteiger partial charge in [0.1, 0.15) is 11.3 Å². The minimum atomic E-state index is -0.485.